The van der Waals surface area contributed by atoms with Gasteiger partial charge in [0.05, 0.1) is 17.2 Å². The predicted molar refractivity (Wildman–Crippen MR) is 76.1 cm³/mol. The molecule has 0 aliphatic carbocycles. The molecule has 0 saturated heterocycles. The Bertz CT molecular complexity index is 747. The van der Waals surface area contributed by atoms with Crippen molar-refractivity contribution in [2.75, 3.05) is 0 Å². The highest BCUT2D eigenvalue weighted by atomic mass is 32.1. The third-order valence-electron chi connectivity index (χ3n) is 3.00. The molecule has 0 N–H and O–H groups in total. The average Bonchev–Trinajstić information content (AvgIpc) is 2.98. The van der Waals surface area contributed by atoms with Gasteiger partial charge >= 0.3 is 0 Å². The van der Waals surface area contributed by atoms with Crippen LogP contribution in [0.3, 0.4) is 0 Å². The third-order valence-corrected chi connectivity index (χ3v) is 4.06. The normalized spacial score (nSPS) is 10.9. The standard InChI is InChI=1S/C14H13FN4S/c1-9-12(20-10(2)18-9)8-19-7-6-17-14(19)13-11(15)4-3-5-16-13/h3-7H,8H2,1-2H3. The van der Waals surface area contributed by atoms with Crippen LogP contribution < -0.4 is 0 Å². The Morgan fingerprint density at radius 1 is 1.25 bits per heavy atom. The molecule has 3 rings (SSSR count). The van der Waals surface area contributed by atoms with Crippen molar-refractivity contribution in [2.45, 2.75) is 20.4 Å². The van der Waals surface area contributed by atoms with Crippen molar-refractivity contribution in [3.8, 4) is 11.5 Å². The van der Waals surface area contributed by atoms with Crippen LogP contribution in [0.2, 0.25) is 0 Å². The van der Waals surface area contributed by atoms with E-state index >= 15 is 0 Å². The molecule has 20 heavy (non-hydrogen) atoms. The Hall–Kier alpha value is -2.08. The van der Waals surface area contributed by atoms with Crippen LogP contribution in [0.25, 0.3) is 11.5 Å². The number of aryl methyl sites for hydroxylation is 2. The molecule has 4 nitrogen and oxygen atoms in total. The maximum Gasteiger partial charge on any atom is 0.162 e. The van der Waals surface area contributed by atoms with Gasteiger partial charge in [0, 0.05) is 23.5 Å². The molecule has 0 aromatic carbocycles. The maximum absolute atomic E-state index is 13.8. The van der Waals surface area contributed by atoms with Crippen LogP contribution in [0, 0.1) is 19.7 Å². The van der Waals surface area contributed by atoms with Crippen molar-refractivity contribution in [3.05, 3.63) is 52.1 Å². The van der Waals surface area contributed by atoms with Gasteiger partial charge in [0.2, 0.25) is 0 Å². The molecule has 6 heteroatoms. The summed E-state index contributed by atoms with van der Waals surface area (Å²) in [5, 5.41) is 1.03. The second-order valence-electron chi connectivity index (χ2n) is 4.45. The Kier molecular flexibility index (Phi) is 3.31. The molecular weight excluding hydrogens is 275 g/mol. The second-order valence-corrected chi connectivity index (χ2v) is 5.74. The highest BCUT2D eigenvalue weighted by Crippen LogP contribution is 2.23. The summed E-state index contributed by atoms with van der Waals surface area (Å²) >= 11 is 1.65. The number of hydrogen-bond donors (Lipinski definition) is 0. The van der Waals surface area contributed by atoms with E-state index in [9.17, 15) is 4.39 Å². The van der Waals surface area contributed by atoms with Gasteiger partial charge in [-0.1, -0.05) is 0 Å². The third kappa shape index (κ3) is 2.34. The van der Waals surface area contributed by atoms with Crippen LogP contribution in [0.1, 0.15) is 15.6 Å². The lowest BCUT2D eigenvalue weighted by atomic mass is 10.3. The minimum absolute atomic E-state index is 0.274. The Balaban J connectivity index is 1.99. The summed E-state index contributed by atoms with van der Waals surface area (Å²) in [5.74, 6) is 0.172. The van der Waals surface area contributed by atoms with E-state index in [-0.39, 0.29) is 11.5 Å². The van der Waals surface area contributed by atoms with Gasteiger partial charge < -0.3 is 4.57 Å². The largest absolute Gasteiger partial charge is 0.324 e. The number of pyridine rings is 1. The minimum atomic E-state index is -0.364. The molecule has 0 unspecified atom stereocenters. The van der Waals surface area contributed by atoms with E-state index in [2.05, 4.69) is 15.0 Å². The Labute approximate surface area is 120 Å². The lowest BCUT2D eigenvalue weighted by Crippen LogP contribution is -2.03. The van der Waals surface area contributed by atoms with E-state index in [4.69, 9.17) is 0 Å². The van der Waals surface area contributed by atoms with Gasteiger partial charge in [0.1, 0.15) is 5.69 Å². The fourth-order valence-corrected chi connectivity index (χ4v) is 3.02. The zero-order valence-corrected chi connectivity index (χ0v) is 12.0. The molecule has 3 heterocycles. The van der Waals surface area contributed by atoms with Crippen LogP contribution >= 0.6 is 11.3 Å². The van der Waals surface area contributed by atoms with Gasteiger partial charge in [-0.05, 0) is 26.0 Å². The summed E-state index contributed by atoms with van der Waals surface area (Å²) in [4.78, 5) is 13.9. The molecule has 0 bridgehead atoms. The lowest BCUT2D eigenvalue weighted by molar-refractivity contribution is 0.621. The van der Waals surface area contributed by atoms with Crippen molar-refractivity contribution in [1.82, 2.24) is 19.5 Å². The molecule has 0 fully saturated rings. The van der Waals surface area contributed by atoms with Gasteiger partial charge in [-0.25, -0.2) is 19.3 Å². The lowest BCUT2D eigenvalue weighted by Gasteiger charge is -2.07. The Morgan fingerprint density at radius 2 is 2.10 bits per heavy atom. The molecule has 0 aliphatic rings. The van der Waals surface area contributed by atoms with Crippen LogP contribution in [-0.2, 0) is 6.54 Å². The molecule has 0 spiro atoms. The summed E-state index contributed by atoms with van der Waals surface area (Å²) in [6, 6.07) is 2.96. The monoisotopic (exact) mass is 288 g/mol. The fourth-order valence-electron chi connectivity index (χ4n) is 2.08. The van der Waals surface area contributed by atoms with Gasteiger partial charge in [-0.15, -0.1) is 11.3 Å². The van der Waals surface area contributed by atoms with E-state index < -0.39 is 0 Å². The molecular formula is C14H13FN4S. The van der Waals surface area contributed by atoms with Crippen LogP contribution in [0.15, 0.2) is 30.7 Å². The summed E-state index contributed by atoms with van der Waals surface area (Å²) < 4.78 is 15.7. The Morgan fingerprint density at radius 3 is 2.80 bits per heavy atom. The fraction of sp³-hybridized carbons (Fsp3) is 0.214. The molecule has 0 atom stereocenters. The van der Waals surface area contributed by atoms with Crippen molar-refractivity contribution < 1.29 is 4.39 Å². The van der Waals surface area contributed by atoms with Gasteiger partial charge in [0.15, 0.2) is 11.6 Å². The molecule has 3 aromatic heterocycles. The van der Waals surface area contributed by atoms with E-state index in [1.807, 2.05) is 24.6 Å². The number of imidazole rings is 1. The summed E-state index contributed by atoms with van der Waals surface area (Å²) in [5.41, 5.74) is 1.28. The molecule has 102 valence electrons. The first-order chi connectivity index (χ1) is 9.65. The van der Waals surface area contributed by atoms with Crippen molar-refractivity contribution in [2.24, 2.45) is 0 Å². The second kappa shape index (κ2) is 5.13. The minimum Gasteiger partial charge on any atom is -0.324 e. The van der Waals surface area contributed by atoms with Crippen molar-refractivity contribution in [1.29, 1.82) is 0 Å². The van der Waals surface area contributed by atoms with Crippen LogP contribution in [0.5, 0.6) is 0 Å². The number of thiazole rings is 1. The number of halogens is 1. The maximum atomic E-state index is 13.8. The first kappa shape index (κ1) is 12.9. The molecule has 0 radical (unpaired) electrons. The smallest absolute Gasteiger partial charge is 0.162 e. The first-order valence-electron chi connectivity index (χ1n) is 6.20. The SMILES string of the molecule is Cc1nc(C)c(Cn2ccnc2-c2ncccc2F)s1. The van der Waals surface area contributed by atoms with Gasteiger partial charge in [0.25, 0.3) is 0 Å². The predicted octanol–water partition coefficient (Wildman–Crippen LogP) is 3.21. The summed E-state index contributed by atoms with van der Waals surface area (Å²) in [6.07, 6.45) is 5.06. The average molecular weight is 288 g/mol. The van der Waals surface area contributed by atoms with Crippen LogP contribution in [-0.4, -0.2) is 19.5 Å². The highest BCUT2D eigenvalue weighted by Gasteiger charge is 2.14. The van der Waals surface area contributed by atoms with Gasteiger partial charge in [-0.2, -0.15) is 0 Å². The van der Waals surface area contributed by atoms with Gasteiger partial charge in [-0.3, -0.25) is 0 Å². The van der Waals surface area contributed by atoms with E-state index in [0.29, 0.717) is 12.4 Å². The van der Waals surface area contributed by atoms with E-state index in [1.54, 1.807) is 29.8 Å². The summed E-state index contributed by atoms with van der Waals surface area (Å²) in [7, 11) is 0. The topological polar surface area (TPSA) is 43.6 Å². The number of hydrogen-bond acceptors (Lipinski definition) is 4. The van der Waals surface area contributed by atoms with Crippen LogP contribution in [0.4, 0.5) is 4.39 Å². The van der Waals surface area contributed by atoms with E-state index in [0.717, 1.165) is 15.6 Å². The first-order valence-corrected chi connectivity index (χ1v) is 7.01. The van der Waals surface area contributed by atoms with Crippen molar-refractivity contribution in [3.63, 3.8) is 0 Å². The zero-order valence-electron chi connectivity index (χ0n) is 11.2. The zero-order chi connectivity index (χ0) is 14.1. The summed E-state index contributed by atoms with van der Waals surface area (Å²) in [6.45, 7) is 4.59. The molecule has 0 amide bonds. The quantitative estimate of drug-likeness (QED) is 0.743. The number of aromatic nitrogens is 4. The van der Waals surface area contributed by atoms with Crippen molar-refractivity contribution >= 4 is 11.3 Å². The molecule has 0 saturated carbocycles. The van der Waals surface area contributed by atoms with E-state index in [1.165, 1.54) is 6.07 Å². The molecule has 3 aromatic rings. The molecule has 0 aliphatic heterocycles. The number of nitrogens with zero attached hydrogens (tertiary/aromatic N) is 4. The number of rotatable bonds is 3. The highest BCUT2D eigenvalue weighted by molar-refractivity contribution is 7.11.